The van der Waals surface area contributed by atoms with E-state index in [1.54, 1.807) is 0 Å². The number of rotatable bonds is 2. The van der Waals surface area contributed by atoms with E-state index in [0.29, 0.717) is 6.54 Å². The number of hydrogen-bond donors (Lipinski definition) is 1. The van der Waals surface area contributed by atoms with Gasteiger partial charge in [-0.25, -0.2) is 4.39 Å². The average molecular weight is 165 g/mol. The van der Waals surface area contributed by atoms with E-state index in [1.807, 2.05) is 30.3 Å². The lowest BCUT2D eigenvalue weighted by molar-refractivity contribution is 0.158. The average Bonchev–Trinajstić information content (AvgIpc) is 2.14. The van der Waals surface area contributed by atoms with Gasteiger partial charge in [0.25, 0.3) is 0 Å². The molecule has 0 amide bonds. The Morgan fingerprint density at radius 2 is 2.08 bits per heavy atom. The summed E-state index contributed by atoms with van der Waals surface area (Å²) in [7, 11) is 0. The standard InChI is InChI=1S/C10H12FN/c11-9-7-12-10(9)6-8-4-2-1-3-5-8/h1-5,9-10,12H,6-7H2/t9?,10-/m0/s1. The highest BCUT2D eigenvalue weighted by Crippen LogP contribution is 2.13. The smallest absolute Gasteiger partial charge is 0.128 e. The first-order valence-electron chi connectivity index (χ1n) is 4.27. The van der Waals surface area contributed by atoms with E-state index in [2.05, 4.69) is 5.32 Å². The fourth-order valence-electron chi connectivity index (χ4n) is 1.44. The van der Waals surface area contributed by atoms with Gasteiger partial charge in [-0.15, -0.1) is 0 Å². The van der Waals surface area contributed by atoms with Crippen molar-refractivity contribution in [1.29, 1.82) is 0 Å². The molecule has 0 aromatic heterocycles. The summed E-state index contributed by atoms with van der Waals surface area (Å²) in [6, 6.07) is 10.1. The molecule has 2 heteroatoms. The Labute approximate surface area is 71.6 Å². The second kappa shape index (κ2) is 3.23. The molecular formula is C10H12FN. The summed E-state index contributed by atoms with van der Waals surface area (Å²) in [5.74, 6) is 0. The zero-order valence-electron chi connectivity index (χ0n) is 6.83. The molecule has 1 N–H and O–H groups in total. The van der Waals surface area contributed by atoms with E-state index in [0.717, 1.165) is 6.42 Å². The molecular weight excluding hydrogens is 153 g/mol. The van der Waals surface area contributed by atoms with Gasteiger partial charge in [-0.3, -0.25) is 0 Å². The summed E-state index contributed by atoms with van der Waals surface area (Å²) in [6.07, 6.45) is 0.160. The van der Waals surface area contributed by atoms with Crippen molar-refractivity contribution in [3.8, 4) is 0 Å². The maximum absolute atomic E-state index is 12.8. The third-order valence-electron chi connectivity index (χ3n) is 2.31. The van der Waals surface area contributed by atoms with Crippen molar-refractivity contribution in [2.24, 2.45) is 0 Å². The van der Waals surface area contributed by atoms with E-state index in [9.17, 15) is 4.39 Å². The number of alkyl halides is 1. The molecule has 0 aliphatic carbocycles. The number of hydrogen-bond acceptors (Lipinski definition) is 1. The minimum atomic E-state index is -0.648. The van der Waals surface area contributed by atoms with Gasteiger partial charge >= 0.3 is 0 Å². The van der Waals surface area contributed by atoms with E-state index in [4.69, 9.17) is 0 Å². The molecule has 2 rings (SSSR count). The van der Waals surface area contributed by atoms with Crippen molar-refractivity contribution in [2.75, 3.05) is 6.54 Å². The zero-order chi connectivity index (χ0) is 8.39. The van der Waals surface area contributed by atoms with Crippen LogP contribution in [0, 0.1) is 0 Å². The Hall–Kier alpha value is -0.890. The van der Waals surface area contributed by atoms with Crippen LogP contribution in [0.5, 0.6) is 0 Å². The van der Waals surface area contributed by atoms with Crippen molar-refractivity contribution < 1.29 is 4.39 Å². The fourth-order valence-corrected chi connectivity index (χ4v) is 1.44. The number of halogens is 1. The van der Waals surface area contributed by atoms with Crippen LogP contribution in [-0.2, 0) is 6.42 Å². The maximum atomic E-state index is 12.8. The van der Waals surface area contributed by atoms with Crippen molar-refractivity contribution >= 4 is 0 Å². The molecule has 2 atom stereocenters. The molecule has 1 nitrogen and oxygen atoms in total. The predicted octanol–water partition coefficient (Wildman–Crippen LogP) is 1.54. The summed E-state index contributed by atoms with van der Waals surface area (Å²) in [4.78, 5) is 0. The van der Waals surface area contributed by atoms with Gasteiger partial charge in [0.15, 0.2) is 0 Å². The highest BCUT2D eigenvalue weighted by molar-refractivity contribution is 5.17. The molecule has 1 fully saturated rings. The fraction of sp³-hybridized carbons (Fsp3) is 0.400. The number of nitrogens with one attached hydrogen (secondary N) is 1. The second-order valence-corrected chi connectivity index (χ2v) is 3.22. The highest BCUT2D eigenvalue weighted by atomic mass is 19.1. The Balaban J connectivity index is 1.95. The Bertz CT molecular complexity index is 247. The van der Waals surface area contributed by atoms with Crippen LogP contribution in [0.2, 0.25) is 0 Å². The van der Waals surface area contributed by atoms with Gasteiger partial charge in [0.2, 0.25) is 0 Å². The quantitative estimate of drug-likeness (QED) is 0.701. The van der Waals surface area contributed by atoms with Gasteiger partial charge in [0.1, 0.15) is 6.17 Å². The monoisotopic (exact) mass is 165 g/mol. The molecule has 1 heterocycles. The lowest BCUT2D eigenvalue weighted by atomic mass is 9.97. The minimum absolute atomic E-state index is 0.0485. The SMILES string of the molecule is FC1CN[C@H]1Cc1ccccc1. The summed E-state index contributed by atoms with van der Waals surface area (Å²) in [5, 5.41) is 3.07. The molecule has 0 saturated carbocycles. The molecule has 1 aliphatic rings. The van der Waals surface area contributed by atoms with Crippen LogP contribution in [0.25, 0.3) is 0 Å². The molecule has 1 saturated heterocycles. The van der Waals surface area contributed by atoms with Crippen molar-refractivity contribution in [2.45, 2.75) is 18.6 Å². The van der Waals surface area contributed by atoms with Gasteiger partial charge in [-0.2, -0.15) is 0 Å². The minimum Gasteiger partial charge on any atom is -0.308 e. The summed E-state index contributed by atoms with van der Waals surface area (Å²) < 4.78 is 12.8. The first-order valence-corrected chi connectivity index (χ1v) is 4.27. The first-order chi connectivity index (χ1) is 5.86. The molecule has 1 aromatic rings. The molecule has 1 aliphatic heterocycles. The van der Waals surface area contributed by atoms with E-state index >= 15 is 0 Å². The van der Waals surface area contributed by atoms with Crippen molar-refractivity contribution in [1.82, 2.24) is 5.32 Å². The van der Waals surface area contributed by atoms with Gasteiger partial charge < -0.3 is 5.32 Å². The summed E-state index contributed by atoms with van der Waals surface area (Å²) >= 11 is 0. The van der Waals surface area contributed by atoms with E-state index in [1.165, 1.54) is 5.56 Å². The third-order valence-corrected chi connectivity index (χ3v) is 2.31. The topological polar surface area (TPSA) is 12.0 Å². The molecule has 1 unspecified atom stereocenters. The van der Waals surface area contributed by atoms with Crippen LogP contribution >= 0.6 is 0 Å². The first kappa shape index (κ1) is 7.74. The zero-order valence-corrected chi connectivity index (χ0v) is 6.83. The molecule has 0 spiro atoms. The largest absolute Gasteiger partial charge is 0.308 e. The Morgan fingerprint density at radius 3 is 2.58 bits per heavy atom. The Kier molecular flexibility index (Phi) is 2.09. The van der Waals surface area contributed by atoms with Crippen LogP contribution < -0.4 is 5.32 Å². The molecule has 0 bridgehead atoms. The third kappa shape index (κ3) is 1.48. The van der Waals surface area contributed by atoms with Crippen LogP contribution in [0.3, 0.4) is 0 Å². The van der Waals surface area contributed by atoms with Crippen molar-refractivity contribution in [3.05, 3.63) is 35.9 Å². The van der Waals surface area contributed by atoms with Gasteiger partial charge in [-0.05, 0) is 12.0 Å². The molecule has 12 heavy (non-hydrogen) atoms. The van der Waals surface area contributed by atoms with Crippen LogP contribution in [0.15, 0.2) is 30.3 Å². The van der Waals surface area contributed by atoms with Gasteiger partial charge in [0.05, 0.1) is 0 Å². The molecule has 64 valence electrons. The highest BCUT2D eigenvalue weighted by Gasteiger charge is 2.29. The number of benzene rings is 1. The molecule has 0 radical (unpaired) electrons. The maximum Gasteiger partial charge on any atom is 0.128 e. The van der Waals surface area contributed by atoms with E-state index < -0.39 is 6.17 Å². The van der Waals surface area contributed by atoms with Gasteiger partial charge in [0, 0.05) is 12.6 Å². The lowest BCUT2D eigenvalue weighted by Crippen LogP contribution is -2.55. The van der Waals surface area contributed by atoms with Crippen LogP contribution in [0.1, 0.15) is 5.56 Å². The second-order valence-electron chi connectivity index (χ2n) is 3.22. The lowest BCUT2D eigenvalue weighted by Gasteiger charge is -2.32. The summed E-state index contributed by atoms with van der Waals surface area (Å²) in [6.45, 7) is 0.525. The summed E-state index contributed by atoms with van der Waals surface area (Å²) in [5.41, 5.74) is 1.21. The Morgan fingerprint density at radius 1 is 1.33 bits per heavy atom. The normalized spacial score (nSPS) is 28.1. The van der Waals surface area contributed by atoms with Crippen LogP contribution in [-0.4, -0.2) is 18.8 Å². The van der Waals surface area contributed by atoms with E-state index in [-0.39, 0.29) is 6.04 Å². The van der Waals surface area contributed by atoms with Crippen LogP contribution in [0.4, 0.5) is 4.39 Å². The molecule has 1 aromatic carbocycles. The van der Waals surface area contributed by atoms with Gasteiger partial charge in [-0.1, -0.05) is 30.3 Å². The predicted molar refractivity (Wildman–Crippen MR) is 46.8 cm³/mol. The van der Waals surface area contributed by atoms with Crippen molar-refractivity contribution in [3.63, 3.8) is 0 Å².